The van der Waals surface area contributed by atoms with E-state index in [4.69, 9.17) is 13.9 Å². The van der Waals surface area contributed by atoms with Gasteiger partial charge in [-0.15, -0.1) is 0 Å². The molecule has 2 heterocycles. The van der Waals surface area contributed by atoms with Gasteiger partial charge in [-0.05, 0) is 83.5 Å². The number of benzene rings is 3. The fourth-order valence-corrected chi connectivity index (χ4v) is 4.11. The second kappa shape index (κ2) is 9.23. The number of anilines is 2. The number of aromatic nitrogens is 2. The molecule has 2 N–H and O–H groups in total. The average Bonchev–Trinajstić information content (AvgIpc) is 3.44. The van der Waals surface area contributed by atoms with E-state index in [9.17, 15) is 18.0 Å². The number of carbonyl (C=O) groups excluding carboxylic acids is 1. The molecule has 11 heteroatoms. The van der Waals surface area contributed by atoms with Crippen LogP contribution in [0.5, 0.6) is 11.5 Å². The van der Waals surface area contributed by atoms with Crippen LogP contribution in [0.15, 0.2) is 69.6 Å². The third-order valence-electron chi connectivity index (χ3n) is 5.18. The third kappa shape index (κ3) is 4.87. The van der Waals surface area contributed by atoms with Crippen LogP contribution in [-0.4, -0.2) is 22.5 Å². The lowest BCUT2D eigenvalue weighted by Crippen LogP contribution is -2.04. The van der Waals surface area contributed by atoms with Gasteiger partial charge in [-0.3, -0.25) is 0 Å². The van der Waals surface area contributed by atoms with Crippen molar-refractivity contribution in [1.82, 2.24) is 9.97 Å². The lowest BCUT2D eigenvalue weighted by molar-refractivity contribution is -0.137. The second-order valence-electron chi connectivity index (χ2n) is 7.72. The predicted molar refractivity (Wildman–Crippen MR) is 131 cm³/mol. The summed E-state index contributed by atoms with van der Waals surface area (Å²) in [6.45, 7) is 1.97. The van der Waals surface area contributed by atoms with E-state index in [1.165, 1.54) is 0 Å². The predicted octanol–water partition coefficient (Wildman–Crippen LogP) is 7.80. The molecule has 0 bridgehead atoms. The Kier molecular flexibility index (Phi) is 6.09. The fraction of sp³-hybridized carbons (Fsp3) is 0.120. The zero-order valence-electron chi connectivity index (χ0n) is 18.6. The number of rotatable bonds is 6. The number of nitrogens with zero attached hydrogens (tertiary/aromatic N) is 1. The summed E-state index contributed by atoms with van der Waals surface area (Å²) in [7, 11) is 0. The summed E-state index contributed by atoms with van der Waals surface area (Å²) in [6, 6.07) is 15.7. The van der Waals surface area contributed by atoms with E-state index in [1.54, 1.807) is 55.5 Å². The van der Waals surface area contributed by atoms with Gasteiger partial charge in [-0.1, -0.05) is 0 Å². The molecule has 0 saturated heterocycles. The Hall–Kier alpha value is -3.99. The number of aromatic amines is 1. The molecule has 184 valence electrons. The van der Waals surface area contributed by atoms with E-state index in [2.05, 4.69) is 31.2 Å². The highest BCUT2D eigenvalue weighted by molar-refractivity contribution is 9.10. The minimum absolute atomic E-state index is 0.117. The topological polar surface area (TPSA) is 89.4 Å². The first-order valence-corrected chi connectivity index (χ1v) is 11.5. The fourth-order valence-electron chi connectivity index (χ4n) is 3.57. The van der Waals surface area contributed by atoms with Gasteiger partial charge in [0.1, 0.15) is 22.6 Å². The van der Waals surface area contributed by atoms with Crippen LogP contribution in [0.25, 0.3) is 22.0 Å². The van der Waals surface area contributed by atoms with Crippen LogP contribution >= 0.6 is 15.9 Å². The highest BCUT2D eigenvalue weighted by Gasteiger charge is 2.31. The number of hydrogen-bond donors (Lipinski definition) is 2. The van der Waals surface area contributed by atoms with E-state index in [-0.39, 0.29) is 22.4 Å². The van der Waals surface area contributed by atoms with Crippen molar-refractivity contribution in [2.45, 2.75) is 13.1 Å². The number of imidazole rings is 1. The van der Waals surface area contributed by atoms with Crippen LogP contribution in [0.4, 0.5) is 24.8 Å². The van der Waals surface area contributed by atoms with E-state index in [0.29, 0.717) is 39.6 Å². The number of nitrogens with one attached hydrogen (secondary N) is 2. The van der Waals surface area contributed by atoms with Gasteiger partial charge >= 0.3 is 12.1 Å². The molecule has 0 aliphatic rings. The highest BCUT2D eigenvalue weighted by Crippen LogP contribution is 2.35. The van der Waals surface area contributed by atoms with Crippen molar-refractivity contribution in [3.8, 4) is 11.5 Å². The summed E-state index contributed by atoms with van der Waals surface area (Å²) < 4.78 is 55.8. The maximum absolute atomic E-state index is 13.1. The Labute approximate surface area is 210 Å². The number of furan rings is 1. The maximum atomic E-state index is 13.1. The van der Waals surface area contributed by atoms with Crippen molar-refractivity contribution >= 4 is 55.5 Å². The molecule has 5 rings (SSSR count). The minimum Gasteiger partial charge on any atom is -0.460 e. The van der Waals surface area contributed by atoms with Crippen LogP contribution in [-0.2, 0) is 10.9 Å². The molecule has 0 spiro atoms. The third-order valence-corrected chi connectivity index (χ3v) is 5.79. The Morgan fingerprint density at radius 2 is 1.83 bits per heavy atom. The summed E-state index contributed by atoms with van der Waals surface area (Å²) in [5, 5.41) is 3.73. The van der Waals surface area contributed by atoms with Crippen molar-refractivity contribution in [3.63, 3.8) is 0 Å². The van der Waals surface area contributed by atoms with Crippen LogP contribution in [0.2, 0.25) is 0 Å². The van der Waals surface area contributed by atoms with Crippen molar-refractivity contribution in [2.24, 2.45) is 0 Å². The second-order valence-corrected chi connectivity index (χ2v) is 8.57. The molecule has 0 aliphatic heterocycles. The van der Waals surface area contributed by atoms with Gasteiger partial charge < -0.3 is 24.2 Å². The van der Waals surface area contributed by atoms with E-state index >= 15 is 0 Å². The van der Waals surface area contributed by atoms with E-state index < -0.39 is 17.7 Å². The lowest BCUT2D eigenvalue weighted by Gasteiger charge is -2.07. The SMILES string of the molecule is CCOC(=O)c1cc2cc(Oc3ccc(Nc4nc5c(Br)cc(C(F)(F)F)cc5[nH]4)cc3)ccc2o1. The molecule has 0 atom stereocenters. The Bertz CT molecular complexity index is 1580. The van der Waals surface area contributed by atoms with Crippen LogP contribution in [0.1, 0.15) is 23.0 Å². The van der Waals surface area contributed by atoms with Gasteiger partial charge in [0.25, 0.3) is 0 Å². The number of alkyl halides is 3. The maximum Gasteiger partial charge on any atom is 0.416 e. The molecule has 5 aromatic rings. The zero-order chi connectivity index (χ0) is 25.4. The van der Waals surface area contributed by atoms with Crippen molar-refractivity contribution in [3.05, 3.63) is 76.5 Å². The van der Waals surface area contributed by atoms with Gasteiger partial charge in [0.15, 0.2) is 0 Å². The summed E-state index contributed by atoms with van der Waals surface area (Å²) >= 11 is 3.15. The Morgan fingerprint density at radius 1 is 1.08 bits per heavy atom. The Morgan fingerprint density at radius 3 is 2.56 bits per heavy atom. The van der Waals surface area contributed by atoms with Gasteiger partial charge in [0.2, 0.25) is 11.7 Å². The van der Waals surface area contributed by atoms with Crippen molar-refractivity contribution < 1.29 is 31.9 Å². The number of H-pyrrole nitrogens is 1. The Balaban J connectivity index is 1.30. The van der Waals surface area contributed by atoms with E-state index in [0.717, 1.165) is 12.1 Å². The van der Waals surface area contributed by atoms with Crippen LogP contribution in [0.3, 0.4) is 0 Å². The summed E-state index contributed by atoms with van der Waals surface area (Å²) in [5.41, 5.74) is 1.04. The molecule has 7 nitrogen and oxygen atoms in total. The minimum atomic E-state index is -4.46. The van der Waals surface area contributed by atoms with Crippen molar-refractivity contribution in [2.75, 3.05) is 11.9 Å². The summed E-state index contributed by atoms with van der Waals surface area (Å²) in [5.74, 6) is 0.975. The normalized spacial score (nSPS) is 11.7. The number of esters is 1. The molecule has 0 saturated carbocycles. The molecule has 3 aromatic carbocycles. The molecule has 0 fully saturated rings. The monoisotopic (exact) mass is 559 g/mol. The first-order valence-electron chi connectivity index (χ1n) is 10.7. The van der Waals surface area contributed by atoms with Gasteiger partial charge in [-0.2, -0.15) is 13.2 Å². The molecule has 0 radical (unpaired) electrons. The molecule has 0 amide bonds. The van der Waals surface area contributed by atoms with Gasteiger partial charge in [0, 0.05) is 15.5 Å². The molecule has 0 unspecified atom stereocenters. The standard InChI is InChI=1S/C25H17BrF3N3O4/c1-2-34-23(33)21-10-13-9-17(7-8-20(13)36-21)35-16-5-3-15(4-6-16)30-24-31-19-12-14(25(27,28)29)11-18(26)22(19)32-24/h3-12H,2H2,1H3,(H2,30,31,32). The van der Waals surface area contributed by atoms with Gasteiger partial charge in [-0.25, -0.2) is 9.78 Å². The number of ether oxygens (including phenoxy) is 2. The largest absolute Gasteiger partial charge is 0.460 e. The molecular weight excluding hydrogens is 543 g/mol. The average molecular weight is 560 g/mol. The first-order chi connectivity index (χ1) is 17.2. The van der Waals surface area contributed by atoms with E-state index in [1.807, 2.05) is 0 Å². The van der Waals surface area contributed by atoms with Crippen LogP contribution in [0, 0.1) is 0 Å². The molecule has 0 aliphatic carbocycles. The smallest absolute Gasteiger partial charge is 0.416 e. The number of carbonyl (C=O) groups is 1. The highest BCUT2D eigenvalue weighted by atomic mass is 79.9. The molecule has 2 aromatic heterocycles. The number of halogens is 4. The first kappa shape index (κ1) is 23.7. The molecule has 36 heavy (non-hydrogen) atoms. The zero-order valence-corrected chi connectivity index (χ0v) is 20.2. The quantitative estimate of drug-likeness (QED) is 0.206. The number of hydrogen-bond acceptors (Lipinski definition) is 6. The van der Waals surface area contributed by atoms with Gasteiger partial charge in [0.05, 0.1) is 17.7 Å². The summed E-state index contributed by atoms with van der Waals surface area (Å²) in [4.78, 5) is 19.1. The van der Waals surface area contributed by atoms with Crippen LogP contribution < -0.4 is 10.1 Å². The molecular formula is C25H17BrF3N3O4. The lowest BCUT2D eigenvalue weighted by atomic mass is 10.2. The number of fused-ring (bicyclic) bond motifs is 2. The van der Waals surface area contributed by atoms with Crippen molar-refractivity contribution in [1.29, 1.82) is 0 Å². The summed E-state index contributed by atoms with van der Waals surface area (Å²) in [6.07, 6.45) is -4.46.